The molecule has 0 atom stereocenters. The zero-order valence-corrected chi connectivity index (χ0v) is 16.1. The monoisotopic (exact) mass is 355 g/mol. The highest BCUT2D eigenvalue weighted by molar-refractivity contribution is 5.79. The van der Waals surface area contributed by atoms with Crippen molar-refractivity contribution >= 4 is 5.96 Å². The highest BCUT2D eigenvalue weighted by Crippen LogP contribution is 2.20. The molecule has 5 heteroatoms. The predicted octanol–water partition coefficient (Wildman–Crippen LogP) is 3.31. The Labute approximate surface area is 156 Å². The van der Waals surface area contributed by atoms with E-state index in [1.165, 1.54) is 11.1 Å². The number of rotatable bonds is 8. The minimum Gasteiger partial charge on any atom is -0.496 e. The Bertz CT molecular complexity index is 729. The van der Waals surface area contributed by atoms with E-state index >= 15 is 0 Å². The minimum atomic E-state index is 0.563. The number of nitrogens with zero attached hydrogens (tertiary/aromatic N) is 1. The zero-order valence-electron chi connectivity index (χ0n) is 16.1. The number of ether oxygens (including phenoxy) is 2. The SMILES string of the molecule is CCNC(=NCc1ccc(C)cc1OC)NCCc1ccccc1OC. The average molecular weight is 355 g/mol. The number of para-hydroxylation sites is 1. The molecule has 0 spiro atoms. The minimum absolute atomic E-state index is 0.563. The summed E-state index contributed by atoms with van der Waals surface area (Å²) in [7, 11) is 3.39. The molecule has 0 unspecified atom stereocenters. The van der Waals surface area contributed by atoms with Crippen LogP contribution in [0.25, 0.3) is 0 Å². The van der Waals surface area contributed by atoms with Gasteiger partial charge in [0, 0.05) is 18.7 Å². The van der Waals surface area contributed by atoms with Gasteiger partial charge in [-0.25, -0.2) is 4.99 Å². The van der Waals surface area contributed by atoms with E-state index in [1.807, 2.05) is 24.3 Å². The summed E-state index contributed by atoms with van der Waals surface area (Å²) in [6.45, 7) is 6.26. The van der Waals surface area contributed by atoms with Crippen molar-refractivity contribution in [2.24, 2.45) is 4.99 Å². The highest BCUT2D eigenvalue weighted by Gasteiger charge is 2.05. The lowest BCUT2D eigenvalue weighted by Crippen LogP contribution is -2.38. The Balaban J connectivity index is 1.98. The summed E-state index contributed by atoms with van der Waals surface area (Å²) in [5.74, 6) is 2.59. The Morgan fingerprint density at radius 3 is 2.46 bits per heavy atom. The largest absolute Gasteiger partial charge is 0.496 e. The highest BCUT2D eigenvalue weighted by atomic mass is 16.5. The van der Waals surface area contributed by atoms with Gasteiger partial charge >= 0.3 is 0 Å². The number of nitrogens with one attached hydrogen (secondary N) is 2. The van der Waals surface area contributed by atoms with Crippen LogP contribution < -0.4 is 20.1 Å². The summed E-state index contributed by atoms with van der Waals surface area (Å²) in [5.41, 5.74) is 3.43. The summed E-state index contributed by atoms with van der Waals surface area (Å²) in [4.78, 5) is 4.68. The van der Waals surface area contributed by atoms with E-state index in [-0.39, 0.29) is 0 Å². The van der Waals surface area contributed by atoms with Crippen LogP contribution in [0.1, 0.15) is 23.6 Å². The molecule has 2 aromatic rings. The normalized spacial score (nSPS) is 11.2. The second-order valence-corrected chi connectivity index (χ2v) is 6.00. The van der Waals surface area contributed by atoms with E-state index in [0.29, 0.717) is 6.54 Å². The molecule has 2 aromatic carbocycles. The Hall–Kier alpha value is -2.69. The molecule has 0 amide bonds. The van der Waals surface area contributed by atoms with Crippen LogP contribution in [-0.4, -0.2) is 33.3 Å². The number of benzene rings is 2. The summed E-state index contributed by atoms with van der Waals surface area (Å²) < 4.78 is 10.9. The Morgan fingerprint density at radius 1 is 0.962 bits per heavy atom. The lowest BCUT2D eigenvalue weighted by atomic mass is 10.1. The number of hydrogen-bond acceptors (Lipinski definition) is 3. The van der Waals surface area contributed by atoms with Crippen LogP contribution in [0, 0.1) is 6.92 Å². The van der Waals surface area contributed by atoms with Gasteiger partial charge in [0.15, 0.2) is 5.96 Å². The van der Waals surface area contributed by atoms with Crippen molar-refractivity contribution in [2.75, 3.05) is 27.3 Å². The Kier molecular flexibility index (Phi) is 7.80. The number of aliphatic imine (C=N–C) groups is 1. The molecule has 0 fully saturated rings. The molecule has 0 bridgehead atoms. The molecule has 2 N–H and O–H groups in total. The van der Waals surface area contributed by atoms with Crippen molar-refractivity contribution in [2.45, 2.75) is 26.8 Å². The molecule has 0 saturated heterocycles. The number of aryl methyl sites for hydroxylation is 1. The van der Waals surface area contributed by atoms with Crippen LogP contribution in [0.3, 0.4) is 0 Å². The molecule has 0 radical (unpaired) electrons. The van der Waals surface area contributed by atoms with Crippen molar-refractivity contribution < 1.29 is 9.47 Å². The number of guanidine groups is 1. The van der Waals surface area contributed by atoms with Gasteiger partial charge in [-0.05, 0) is 43.5 Å². The quantitative estimate of drug-likeness (QED) is 0.563. The van der Waals surface area contributed by atoms with E-state index in [4.69, 9.17) is 9.47 Å². The molecule has 0 aliphatic heterocycles. The summed E-state index contributed by atoms with van der Waals surface area (Å²) in [5, 5.41) is 6.67. The maximum atomic E-state index is 5.46. The molecule has 0 heterocycles. The maximum absolute atomic E-state index is 5.46. The molecule has 140 valence electrons. The average Bonchev–Trinajstić information content (AvgIpc) is 2.67. The van der Waals surface area contributed by atoms with Gasteiger partial charge in [0.1, 0.15) is 11.5 Å². The van der Waals surface area contributed by atoms with Crippen molar-refractivity contribution in [3.8, 4) is 11.5 Å². The zero-order chi connectivity index (χ0) is 18.8. The fourth-order valence-corrected chi connectivity index (χ4v) is 2.71. The van der Waals surface area contributed by atoms with Crippen molar-refractivity contribution in [3.05, 3.63) is 59.2 Å². The van der Waals surface area contributed by atoms with Gasteiger partial charge in [-0.3, -0.25) is 0 Å². The molecular weight excluding hydrogens is 326 g/mol. The molecule has 0 aliphatic rings. The van der Waals surface area contributed by atoms with Crippen LogP contribution in [0.5, 0.6) is 11.5 Å². The number of methoxy groups -OCH3 is 2. The van der Waals surface area contributed by atoms with Crippen LogP contribution >= 0.6 is 0 Å². The summed E-state index contributed by atoms with van der Waals surface area (Å²) >= 11 is 0. The Morgan fingerprint density at radius 2 is 1.73 bits per heavy atom. The first kappa shape index (κ1) is 19.6. The van der Waals surface area contributed by atoms with Gasteiger partial charge in [-0.1, -0.05) is 30.3 Å². The number of hydrogen-bond donors (Lipinski definition) is 2. The summed E-state index contributed by atoms with van der Waals surface area (Å²) in [6.07, 6.45) is 0.863. The van der Waals surface area contributed by atoms with E-state index in [9.17, 15) is 0 Å². The standard InChI is InChI=1S/C21H29N3O2/c1-5-22-21(23-13-12-17-8-6-7-9-19(17)25-3)24-15-18-11-10-16(2)14-20(18)26-4/h6-11,14H,5,12-13,15H2,1-4H3,(H2,22,23,24). The third-order valence-electron chi connectivity index (χ3n) is 4.07. The van der Waals surface area contributed by atoms with Crippen LogP contribution in [0.15, 0.2) is 47.5 Å². The smallest absolute Gasteiger partial charge is 0.191 e. The third kappa shape index (κ3) is 5.69. The van der Waals surface area contributed by atoms with Gasteiger partial charge < -0.3 is 20.1 Å². The molecule has 0 saturated carbocycles. The summed E-state index contributed by atoms with van der Waals surface area (Å²) in [6, 6.07) is 14.3. The van der Waals surface area contributed by atoms with Gasteiger partial charge in [0.25, 0.3) is 0 Å². The molecule has 0 aliphatic carbocycles. The first-order chi connectivity index (χ1) is 12.7. The fourth-order valence-electron chi connectivity index (χ4n) is 2.71. The van der Waals surface area contributed by atoms with Gasteiger partial charge in [-0.2, -0.15) is 0 Å². The van der Waals surface area contributed by atoms with E-state index in [0.717, 1.165) is 42.5 Å². The van der Waals surface area contributed by atoms with Gasteiger partial charge in [-0.15, -0.1) is 0 Å². The van der Waals surface area contributed by atoms with Crippen LogP contribution in [0.2, 0.25) is 0 Å². The lowest BCUT2D eigenvalue weighted by Gasteiger charge is -2.13. The molecular formula is C21H29N3O2. The second-order valence-electron chi connectivity index (χ2n) is 6.00. The predicted molar refractivity (Wildman–Crippen MR) is 107 cm³/mol. The molecule has 26 heavy (non-hydrogen) atoms. The van der Waals surface area contributed by atoms with E-state index < -0.39 is 0 Å². The van der Waals surface area contributed by atoms with Crippen LogP contribution in [-0.2, 0) is 13.0 Å². The van der Waals surface area contributed by atoms with Crippen LogP contribution in [0.4, 0.5) is 0 Å². The first-order valence-electron chi connectivity index (χ1n) is 8.95. The maximum Gasteiger partial charge on any atom is 0.191 e. The second kappa shape index (κ2) is 10.3. The molecule has 5 nitrogen and oxygen atoms in total. The topological polar surface area (TPSA) is 54.9 Å². The molecule has 0 aromatic heterocycles. The van der Waals surface area contributed by atoms with Gasteiger partial charge in [0.05, 0.1) is 20.8 Å². The van der Waals surface area contributed by atoms with E-state index in [2.05, 4.69) is 47.7 Å². The first-order valence-corrected chi connectivity index (χ1v) is 8.95. The van der Waals surface area contributed by atoms with Crippen molar-refractivity contribution in [1.82, 2.24) is 10.6 Å². The lowest BCUT2D eigenvalue weighted by molar-refractivity contribution is 0.409. The van der Waals surface area contributed by atoms with Gasteiger partial charge in [0.2, 0.25) is 0 Å². The fraction of sp³-hybridized carbons (Fsp3) is 0.381. The van der Waals surface area contributed by atoms with Crippen molar-refractivity contribution in [1.29, 1.82) is 0 Å². The third-order valence-corrected chi connectivity index (χ3v) is 4.07. The van der Waals surface area contributed by atoms with Crippen molar-refractivity contribution in [3.63, 3.8) is 0 Å². The molecule has 2 rings (SSSR count). The van der Waals surface area contributed by atoms with E-state index in [1.54, 1.807) is 14.2 Å².